The average molecular weight is 265 g/mol. The normalized spacial score (nSPS) is 19.1. The van der Waals surface area contributed by atoms with Gasteiger partial charge in [-0.15, -0.1) is 0 Å². The minimum Gasteiger partial charge on any atom is -0.394 e. The van der Waals surface area contributed by atoms with Crippen molar-refractivity contribution in [2.45, 2.75) is 57.5 Å². The van der Waals surface area contributed by atoms with Crippen molar-refractivity contribution in [1.82, 2.24) is 5.32 Å². The minimum atomic E-state index is -0.235. The Bertz CT molecular complexity index is 400. The zero-order valence-corrected chi connectivity index (χ0v) is 11.7. The number of nitrogens with one attached hydrogen (secondary N) is 1. The molecule has 0 saturated heterocycles. The molecule has 0 spiro atoms. The molecular weight excluding hydrogens is 241 g/mol. The summed E-state index contributed by atoms with van der Waals surface area (Å²) < 4.78 is 13.4. The van der Waals surface area contributed by atoms with Gasteiger partial charge in [0.15, 0.2) is 0 Å². The van der Waals surface area contributed by atoms with E-state index in [2.05, 4.69) is 5.32 Å². The molecule has 2 nitrogen and oxygen atoms in total. The van der Waals surface area contributed by atoms with Gasteiger partial charge in [0.1, 0.15) is 5.82 Å². The van der Waals surface area contributed by atoms with Crippen LogP contribution < -0.4 is 5.32 Å². The first-order chi connectivity index (χ1) is 9.20. The number of halogens is 1. The van der Waals surface area contributed by atoms with Gasteiger partial charge < -0.3 is 10.4 Å². The van der Waals surface area contributed by atoms with Gasteiger partial charge in [-0.1, -0.05) is 31.7 Å². The van der Waals surface area contributed by atoms with Crippen LogP contribution in [0, 0.1) is 12.7 Å². The summed E-state index contributed by atoms with van der Waals surface area (Å²) >= 11 is 0. The molecule has 19 heavy (non-hydrogen) atoms. The van der Waals surface area contributed by atoms with Crippen LogP contribution in [-0.2, 0) is 0 Å². The molecule has 3 heteroatoms. The van der Waals surface area contributed by atoms with E-state index in [1.54, 1.807) is 12.1 Å². The SMILES string of the molecule is Cc1ccc(F)cc1C(CO)NC1CCCCCC1. The Morgan fingerprint density at radius 3 is 2.58 bits per heavy atom. The van der Waals surface area contributed by atoms with Crippen molar-refractivity contribution in [3.8, 4) is 0 Å². The Labute approximate surface area is 115 Å². The van der Waals surface area contributed by atoms with Crippen molar-refractivity contribution in [1.29, 1.82) is 0 Å². The van der Waals surface area contributed by atoms with Crippen molar-refractivity contribution < 1.29 is 9.50 Å². The van der Waals surface area contributed by atoms with Crippen LogP contribution in [0.15, 0.2) is 18.2 Å². The second kappa shape index (κ2) is 7.01. The van der Waals surface area contributed by atoms with Gasteiger partial charge in [0.05, 0.1) is 12.6 Å². The monoisotopic (exact) mass is 265 g/mol. The fourth-order valence-electron chi connectivity index (χ4n) is 2.96. The highest BCUT2D eigenvalue weighted by molar-refractivity contribution is 5.29. The van der Waals surface area contributed by atoms with E-state index in [1.807, 2.05) is 6.92 Å². The average Bonchev–Trinajstić information content (AvgIpc) is 2.67. The summed E-state index contributed by atoms with van der Waals surface area (Å²) in [6.45, 7) is 1.98. The molecule has 0 bridgehead atoms. The number of aliphatic hydroxyl groups excluding tert-OH is 1. The molecule has 1 unspecified atom stereocenters. The van der Waals surface area contributed by atoms with Gasteiger partial charge in [-0.05, 0) is 43.0 Å². The molecule has 0 aromatic heterocycles. The summed E-state index contributed by atoms with van der Waals surface area (Å²) in [4.78, 5) is 0. The molecule has 1 saturated carbocycles. The van der Waals surface area contributed by atoms with Crippen molar-refractivity contribution in [2.75, 3.05) is 6.61 Å². The summed E-state index contributed by atoms with van der Waals surface area (Å²) in [5, 5.41) is 13.1. The maximum atomic E-state index is 13.4. The first kappa shape index (κ1) is 14.5. The third kappa shape index (κ3) is 4.02. The number of aliphatic hydroxyl groups is 1. The number of aryl methyl sites for hydroxylation is 1. The Kier molecular flexibility index (Phi) is 5.34. The van der Waals surface area contributed by atoms with Crippen LogP contribution in [0.2, 0.25) is 0 Å². The smallest absolute Gasteiger partial charge is 0.123 e. The van der Waals surface area contributed by atoms with E-state index in [1.165, 1.54) is 31.7 Å². The van der Waals surface area contributed by atoms with Crippen LogP contribution in [0.5, 0.6) is 0 Å². The van der Waals surface area contributed by atoms with Gasteiger partial charge in [-0.2, -0.15) is 0 Å². The van der Waals surface area contributed by atoms with Crippen molar-refractivity contribution in [3.05, 3.63) is 35.1 Å². The Balaban J connectivity index is 2.08. The molecule has 2 N–H and O–H groups in total. The fraction of sp³-hybridized carbons (Fsp3) is 0.625. The van der Waals surface area contributed by atoms with Crippen LogP contribution in [0.25, 0.3) is 0 Å². The lowest BCUT2D eigenvalue weighted by atomic mass is 9.99. The van der Waals surface area contributed by atoms with Gasteiger partial charge in [-0.3, -0.25) is 0 Å². The molecule has 1 aromatic rings. The summed E-state index contributed by atoms with van der Waals surface area (Å²) in [5.41, 5.74) is 1.91. The lowest BCUT2D eigenvalue weighted by Crippen LogP contribution is -2.34. The van der Waals surface area contributed by atoms with Crippen LogP contribution in [-0.4, -0.2) is 17.8 Å². The molecule has 1 aliphatic carbocycles. The Morgan fingerprint density at radius 2 is 1.95 bits per heavy atom. The zero-order valence-electron chi connectivity index (χ0n) is 11.7. The van der Waals surface area contributed by atoms with Gasteiger partial charge in [-0.25, -0.2) is 4.39 Å². The van der Waals surface area contributed by atoms with Crippen LogP contribution >= 0.6 is 0 Å². The van der Waals surface area contributed by atoms with Crippen molar-refractivity contribution in [3.63, 3.8) is 0 Å². The summed E-state index contributed by atoms with van der Waals surface area (Å²) in [6.07, 6.45) is 7.42. The summed E-state index contributed by atoms with van der Waals surface area (Å²) in [7, 11) is 0. The molecule has 0 amide bonds. The van der Waals surface area contributed by atoms with Crippen LogP contribution in [0.3, 0.4) is 0 Å². The third-order valence-corrected chi connectivity index (χ3v) is 4.09. The van der Waals surface area contributed by atoms with Crippen molar-refractivity contribution >= 4 is 0 Å². The first-order valence-corrected chi connectivity index (χ1v) is 7.33. The van der Waals surface area contributed by atoms with E-state index < -0.39 is 0 Å². The second-order valence-electron chi connectivity index (χ2n) is 5.59. The van der Waals surface area contributed by atoms with E-state index in [4.69, 9.17) is 0 Å². The van der Waals surface area contributed by atoms with Crippen molar-refractivity contribution in [2.24, 2.45) is 0 Å². The van der Waals surface area contributed by atoms with E-state index in [-0.39, 0.29) is 18.5 Å². The van der Waals surface area contributed by atoms with Crippen LogP contribution in [0.1, 0.15) is 55.7 Å². The maximum Gasteiger partial charge on any atom is 0.123 e. The largest absolute Gasteiger partial charge is 0.394 e. The maximum absolute atomic E-state index is 13.4. The van der Waals surface area contributed by atoms with Gasteiger partial charge >= 0.3 is 0 Å². The molecule has 1 fully saturated rings. The molecule has 0 heterocycles. The zero-order chi connectivity index (χ0) is 13.7. The van der Waals surface area contributed by atoms with E-state index in [0.717, 1.165) is 24.0 Å². The van der Waals surface area contributed by atoms with E-state index >= 15 is 0 Å². The Hall–Kier alpha value is -0.930. The quantitative estimate of drug-likeness (QED) is 0.817. The lowest BCUT2D eigenvalue weighted by molar-refractivity contribution is 0.227. The van der Waals surface area contributed by atoms with Crippen LogP contribution in [0.4, 0.5) is 4.39 Å². The van der Waals surface area contributed by atoms with Gasteiger partial charge in [0.2, 0.25) is 0 Å². The molecule has 1 atom stereocenters. The fourth-order valence-corrected chi connectivity index (χ4v) is 2.96. The first-order valence-electron chi connectivity index (χ1n) is 7.33. The topological polar surface area (TPSA) is 32.3 Å². The molecular formula is C16H24FNO. The second-order valence-corrected chi connectivity index (χ2v) is 5.59. The predicted molar refractivity (Wildman–Crippen MR) is 75.6 cm³/mol. The number of benzene rings is 1. The predicted octanol–water partition coefficient (Wildman–Crippen LogP) is 3.48. The highest BCUT2D eigenvalue weighted by Crippen LogP contribution is 2.23. The number of hydrogen-bond donors (Lipinski definition) is 2. The van der Waals surface area contributed by atoms with Gasteiger partial charge in [0.25, 0.3) is 0 Å². The third-order valence-electron chi connectivity index (χ3n) is 4.09. The molecule has 0 aliphatic heterocycles. The minimum absolute atomic E-state index is 0.0147. The molecule has 1 aromatic carbocycles. The number of rotatable bonds is 4. The lowest BCUT2D eigenvalue weighted by Gasteiger charge is -2.25. The Morgan fingerprint density at radius 1 is 1.26 bits per heavy atom. The summed E-state index contributed by atoms with van der Waals surface area (Å²) in [5.74, 6) is -0.235. The highest BCUT2D eigenvalue weighted by Gasteiger charge is 2.19. The highest BCUT2D eigenvalue weighted by atomic mass is 19.1. The summed E-state index contributed by atoms with van der Waals surface area (Å²) in [6, 6.07) is 5.09. The van der Waals surface area contributed by atoms with Gasteiger partial charge in [0, 0.05) is 6.04 Å². The van der Waals surface area contributed by atoms with E-state index in [9.17, 15) is 9.50 Å². The molecule has 0 radical (unpaired) electrons. The molecule has 106 valence electrons. The molecule has 2 rings (SSSR count). The standard InChI is InChI=1S/C16H24FNO/c1-12-8-9-13(17)10-15(12)16(11-19)18-14-6-4-2-3-5-7-14/h8-10,14,16,18-19H,2-7,11H2,1H3. The van der Waals surface area contributed by atoms with E-state index in [0.29, 0.717) is 6.04 Å². The molecule has 1 aliphatic rings. The number of hydrogen-bond acceptors (Lipinski definition) is 2.